The summed E-state index contributed by atoms with van der Waals surface area (Å²) in [5, 5.41) is 2.41. The molecule has 0 radical (unpaired) electrons. The molecule has 0 bridgehead atoms. The minimum absolute atomic E-state index is 0.258. The van der Waals surface area contributed by atoms with Crippen LogP contribution in [-0.2, 0) is 4.74 Å². The molecule has 0 saturated heterocycles. The molecule has 1 heterocycles. The molecule has 4 nitrogen and oxygen atoms in total. The molecule has 190 valence electrons. The number of hydrogen-bond donors (Lipinski definition) is 1. The number of methoxy groups -OCH3 is 1. The standard InChI is InChI=1S/C29H24ClF2NO3S/c1-16(23-14-21(31)10-12-24(23)30)36-29(34)33-25-15-27(32)37-28(25)20-9-11-22(26(13-20)35-2)19-7-5-18(6-8-19)17-3-4-17/h5-17H,3-4H2,1-2H3,(H,33,34). The summed E-state index contributed by atoms with van der Waals surface area (Å²) < 4.78 is 39.0. The molecule has 4 aromatic rings. The van der Waals surface area contributed by atoms with Gasteiger partial charge in [0, 0.05) is 22.2 Å². The maximum Gasteiger partial charge on any atom is 0.412 e. The number of halogens is 3. The van der Waals surface area contributed by atoms with Gasteiger partial charge in [-0.3, -0.25) is 5.32 Å². The zero-order valence-corrected chi connectivity index (χ0v) is 21.8. The summed E-state index contributed by atoms with van der Waals surface area (Å²) in [7, 11) is 1.59. The minimum Gasteiger partial charge on any atom is -0.496 e. The van der Waals surface area contributed by atoms with Gasteiger partial charge in [0.2, 0.25) is 0 Å². The molecule has 0 spiro atoms. The quantitative estimate of drug-likeness (QED) is 0.254. The number of hydrogen-bond acceptors (Lipinski definition) is 4. The first-order valence-corrected chi connectivity index (χ1v) is 13.0. The van der Waals surface area contributed by atoms with E-state index in [9.17, 15) is 13.6 Å². The van der Waals surface area contributed by atoms with Gasteiger partial charge in [0.1, 0.15) is 17.7 Å². The van der Waals surface area contributed by atoms with Gasteiger partial charge in [-0.25, -0.2) is 9.18 Å². The van der Waals surface area contributed by atoms with E-state index in [-0.39, 0.29) is 10.7 Å². The number of ether oxygens (including phenoxy) is 2. The average Bonchev–Trinajstić information content (AvgIpc) is 3.67. The van der Waals surface area contributed by atoms with Gasteiger partial charge in [-0.15, -0.1) is 11.3 Å². The maximum atomic E-state index is 14.3. The molecule has 3 aromatic carbocycles. The third kappa shape index (κ3) is 5.63. The molecule has 0 aliphatic heterocycles. The Labute approximate surface area is 222 Å². The number of benzene rings is 3. The van der Waals surface area contributed by atoms with Crippen molar-refractivity contribution in [2.75, 3.05) is 12.4 Å². The fraction of sp³-hybridized carbons (Fsp3) is 0.207. The summed E-state index contributed by atoms with van der Waals surface area (Å²) in [5.74, 6) is 0.820. The topological polar surface area (TPSA) is 47.6 Å². The van der Waals surface area contributed by atoms with Crippen molar-refractivity contribution in [3.8, 4) is 27.3 Å². The molecule has 1 atom stereocenters. The number of nitrogens with one attached hydrogen (secondary N) is 1. The Morgan fingerprint density at radius 2 is 1.76 bits per heavy atom. The van der Waals surface area contributed by atoms with Gasteiger partial charge in [-0.1, -0.05) is 48.0 Å². The highest BCUT2D eigenvalue weighted by atomic mass is 35.5. The molecule has 1 fully saturated rings. The summed E-state index contributed by atoms with van der Waals surface area (Å²) in [6.45, 7) is 1.58. The SMILES string of the molecule is COc1cc(-c2sc(F)cc2NC(=O)OC(C)c2cc(F)ccc2Cl)ccc1-c1ccc(C2CC2)cc1. The van der Waals surface area contributed by atoms with Crippen LogP contribution in [0, 0.1) is 10.9 Å². The number of carbonyl (C=O) groups excluding carboxylic acids is 1. The van der Waals surface area contributed by atoms with Crippen LogP contribution in [0.25, 0.3) is 21.6 Å². The zero-order valence-electron chi connectivity index (χ0n) is 20.2. The van der Waals surface area contributed by atoms with Crippen molar-refractivity contribution in [1.29, 1.82) is 0 Å². The predicted molar refractivity (Wildman–Crippen MR) is 144 cm³/mol. The van der Waals surface area contributed by atoms with E-state index in [1.807, 2.05) is 18.2 Å². The van der Waals surface area contributed by atoms with E-state index < -0.39 is 23.1 Å². The van der Waals surface area contributed by atoms with Crippen LogP contribution in [0.3, 0.4) is 0 Å². The molecule has 1 unspecified atom stereocenters. The van der Waals surface area contributed by atoms with Crippen molar-refractivity contribution >= 4 is 34.7 Å². The van der Waals surface area contributed by atoms with Gasteiger partial charge in [-0.2, -0.15) is 4.39 Å². The molecule has 1 aromatic heterocycles. The predicted octanol–water partition coefficient (Wildman–Crippen LogP) is 9.21. The number of rotatable bonds is 7. The third-order valence-electron chi connectivity index (χ3n) is 6.35. The van der Waals surface area contributed by atoms with Crippen LogP contribution < -0.4 is 10.1 Å². The van der Waals surface area contributed by atoms with Crippen molar-refractivity contribution in [1.82, 2.24) is 0 Å². The molecular weight excluding hydrogens is 516 g/mol. The smallest absolute Gasteiger partial charge is 0.412 e. The average molecular weight is 540 g/mol. The number of amides is 1. The summed E-state index contributed by atoms with van der Waals surface area (Å²) in [5.41, 5.74) is 4.57. The normalized spacial score (nSPS) is 13.8. The highest BCUT2D eigenvalue weighted by Gasteiger charge is 2.23. The zero-order chi connectivity index (χ0) is 26.1. The monoisotopic (exact) mass is 539 g/mol. The van der Waals surface area contributed by atoms with E-state index in [1.54, 1.807) is 14.0 Å². The summed E-state index contributed by atoms with van der Waals surface area (Å²) in [6, 6.07) is 19.2. The molecule has 1 amide bonds. The van der Waals surface area contributed by atoms with Crippen molar-refractivity contribution in [3.05, 3.63) is 93.8 Å². The Bertz CT molecular complexity index is 1450. The largest absolute Gasteiger partial charge is 0.496 e. The van der Waals surface area contributed by atoms with Gasteiger partial charge < -0.3 is 9.47 Å². The highest BCUT2D eigenvalue weighted by Crippen LogP contribution is 2.43. The van der Waals surface area contributed by atoms with Crippen LogP contribution in [0.1, 0.15) is 42.9 Å². The Kier molecular flexibility index (Phi) is 7.17. The van der Waals surface area contributed by atoms with Gasteiger partial charge in [0.15, 0.2) is 5.13 Å². The summed E-state index contributed by atoms with van der Waals surface area (Å²) in [4.78, 5) is 13.1. The fourth-order valence-electron chi connectivity index (χ4n) is 4.28. The second kappa shape index (κ2) is 10.5. The van der Waals surface area contributed by atoms with Gasteiger partial charge in [-0.05, 0) is 66.6 Å². The Morgan fingerprint density at radius 1 is 1.03 bits per heavy atom. The van der Waals surface area contributed by atoms with Crippen molar-refractivity contribution < 1.29 is 23.0 Å². The van der Waals surface area contributed by atoms with Crippen LogP contribution in [-0.4, -0.2) is 13.2 Å². The Morgan fingerprint density at radius 3 is 2.46 bits per heavy atom. The first kappa shape index (κ1) is 25.2. The van der Waals surface area contributed by atoms with E-state index in [1.165, 1.54) is 42.7 Å². The molecule has 1 aliphatic rings. The number of thiophene rings is 1. The second-order valence-corrected chi connectivity index (χ2v) is 10.4. The maximum absolute atomic E-state index is 14.3. The van der Waals surface area contributed by atoms with Crippen LogP contribution in [0.5, 0.6) is 5.75 Å². The van der Waals surface area contributed by atoms with Crippen molar-refractivity contribution in [2.45, 2.75) is 31.8 Å². The van der Waals surface area contributed by atoms with Crippen LogP contribution in [0.4, 0.5) is 19.3 Å². The number of carbonyl (C=O) groups is 1. The van der Waals surface area contributed by atoms with Crippen LogP contribution >= 0.6 is 22.9 Å². The minimum atomic E-state index is -0.819. The summed E-state index contributed by atoms with van der Waals surface area (Å²) >= 11 is 7.01. The third-order valence-corrected chi connectivity index (χ3v) is 7.67. The Balaban J connectivity index is 1.36. The van der Waals surface area contributed by atoms with Crippen LogP contribution in [0.15, 0.2) is 66.7 Å². The lowest BCUT2D eigenvalue weighted by molar-refractivity contribution is 0.121. The fourth-order valence-corrected chi connectivity index (χ4v) is 5.39. The Hall–Kier alpha value is -3.42. The molecule has 37 heavy (non-hydrogen) atoms. The lowest BCUT2D eigenvalue weighted by Gasteiger charge is -2.16. The van der Waals surface area contributed by atoms with E-state index in [2.05, 4.69) is 29.6 Å². The molecule has 1 aliphatic carbocycles. The van der Waals surface area contributed by atoms with Crippen molar-refractivity contribution in [2.24, 2.45) is 0 Å². The van der Waals surface area contributed by atoms with E-state index in [0.29, 0.717) is 27.7 Å². The van der Waals surface area contributed by atoms with Gasteiger partial charge in [0.05, 0.1) is 17.7 Å². The van der Waals surface area contributed by atoms with Gasteiger partial charge in [0.25, 0.3) is 0 Å². The molecule has 5 rings (SSSR count). The van der Waals surface area contributed by atoms with Crippen LogP contribution in [0.2, 0.25) is 5.02 Å². The molecule has 1 N–H and O–H groups in total. The first-order chi connectivity index (χ1) is 17.8. The summed E-state index contributed by atoms with van der Waals surface area (Å²) in [6.07, 6.45) is 0.860. The van der Waals surface area contributed by atoms with E-state index >= 15 is 0 Å². The second-order valence-electron chi connectivity index (χ2n) is 8.94. The first-order valence-electron chi connectivity index (χ1n) is 11.8. The van der Waals surface area contributed by atoms with E-state index in [4.69, 9.17) is 21.1 Å². The lowest BCUT2D eigenvalue weighted by Crippen LogP contribution is -2.16. The number of anilines is 1. The molecule has 8 heteroatoms. The lowest BCUT2D eigenvalue weighted by atomic mass is 9.99. The van der Waals surface area contributed by atoms with Gasteiger partial charge >= 0.3 is 6.09 Å². The molecular formula is C29H24ClF2NO3S. The van der Waals surface area contributed by atoms with E-state index in [0.717, 1.165) is 22.5 Å². The molecule has 1 saturated carbocycles. The van der Waals surface area contributed by atoms with Crippen molar-refractivity contribution in [3.63, 3.8) is 0 Å². The highest BCUT2D eigenvalue weighted by molar-refractivity contribution is 7.14.